The van der Waals surface area contributed by atoms with E-state index in [1.807, 2.05) is 25.4 Å². The van der Waals surface area contributed by atoms with E-state index in [2.05, 4.69) is 33.3 Å². The van der Waals surface area contributed by atoms with Gasteiger partial charge in [-0.1, -0.05) is 13.0 Å². The summed E-state index contributed by atoms with van der Waals surface area (Å²) in [4.78, 5) is 12.9. The molecule has 2 aromatic heterocycles. The van der Waals surface area contributed by atoms with Crippen molar-refractivity contribution in [3.05, 3.63) is 53.9 Å². The summed E-state index contributed by atoms with van der Waals surface area (Å²) in [7, 11) is 0. The molecule has 0 aromatic carbocycles. The van der Waals surface area contributed by atoms with Gasteiger partial charge in [0.25, 0.3) is 0 Å². The maximum atomic E-state index is 4.34. The van der Waals surface area contributed by atoms with Crippen molar-refractivity contribution >= 4 is 0 Å². The second-order valence-corrected chi connectivity index (χ2v) is 4.29. The topological polar surface area (TPSA) is 50.7 Å². The highest BCUT2D eigenvalue weighted by molar-refractivity contribution is 5.25. The molecule has 94 valence electrons. The summed E-state index contributed by atoms with van der Waals surface area (Å²) in [5.74, 6) is 0.790. The minimum Gasteiger partial charge on any atom is -0.304 e. The van der Waals surface area contributed by atoms with Crippen LogP contribution >= 0.6 is 0 Å². The first-order chi connectivity index (χ1) is 8.81. The molecule has 4 nitrogen and oxygen atoms in total. The van der Waals surface area contributed by atoms with E-state index in [4.69, 9.17) is 0 Å². The van der Waals surface area contributed by atoms with Crippen LogP contribution in [0.1, 0.15) is 36.3 Å². The third-order valence-electron chi connectivity index (χ3n) is 2.67. The van der Waals surface area contributed by atoms with Gasteiger partial charge in [0.05, 0.1) is 6.04 Å². The quantitative estimate of drug-likeness (QED) is 0.873. The van der Waals surface area contributed by atoms with Crippen molar-refractivity contribution < 1.29 is 0 Å². The van der Waals surface area contributed by atoms with Crippen LogP contribution in [0.15, 0.2) is 36.9 Å². The molecule has 2 aromatic rings. The van der Waals surface area contributed by atoms with Crippen LogP contribution < -0.4 is 5.32 Å². The smallest absolute Gasteiger partial charge is 0.149 e. The average molecular weight is 242 g/mol. The Morgan fingerprint density at radius 1 is 1.22 bits per heavy atom. The number of aryl methyl sites for hydroxylation is 1. The van der Waals surface area contributed by atoms with E-state index in [0.29, 0.717) is 0 Å². The standard InChI is InChI=1S/C14H18N4/c1-3-5-16-13(14-17-6-4-7-18-14)12-8-11(2)9-15-10-12/h4,6-10,13,16H,3,5H2,1-2H3. The van der Waals surface area contributed by atoms with Gasteiger partial charge < -0.3 is 5.32 Å². The van der Waals surface area contributed by atoms with Crippen molar-refractivity contribution in [2.45, 2.75) is 26.3 Å². The fourth-order valence-corrected chi connectivity index (χ4v) is 1.84. The number of nitrogens with one attached hydrogen (secondary N) is 1. The predicted molar refractivity (Wildman–Crippen MR) is 71.1 cm³/mol. The fourth-order valence-electron chi connectivity index (χ4n) is 1.84. The molecule has 0 bridgehead atoms. The average Bonchev–Trinajstić information content (AvgIpc) is 2.40. The van der Waals surface area contributed by atoms with E-state index in [0.717, 1.165) is 29.9 Å². The second-order valence-electron chi connectivity index (χ2n) is 4.29. The third kappa shape index (κ3) is 3.11. The molecule has 0 spiro atoms. The minimum absolute atomic E-state index is 0.0125. The van der Waals surface area contributed by atoms with Gasteiger partial charge in [-0.15, -0.1) is 0 Å². The summed E-state index contributed by atoms with van der Waals surface area (Å²) < 4.78 is 0. The van der Waals surface area contributed by atoms with E-state index >= 15 is 0 Å². The molecule has 0 saturated heterocycles. The van der Waals surface area contributed by atoms with E-state index in [1.165, 1.54) is 0 Å². The lowest BCUT2D eigenvalue weighted by atomic mass is 10.1. The molecule has 0 amide bonds. The highest BCUT2D eigenvalue weighted by Crippen LogP contribution is 2.18. The van der Waals surface area contributed by atoms with Crippen LogP contribution in [-0.2, 0) is 0 Å². The number of hydrogen-bond donors (Lipinski definition) is 1. The van der Waals surface area contributed by atoms with Gasteiger partial charge in [-0.3, -0.25) is 4.98 Å². The van der Waals surface area contributed by atoms with Crippen LogP contribution in [0.25, 0.3) is 0 Å². The Bertz CT molecular complexity index is 484. The van der Waals surface area contributed by atoms with Crippen LogP contribution in [0.3, 0.4) is 0 Å². The van der Waals surface area contributed by atoms with E-state index < -0.39 is 0 Å². The molecule has 0 aliphatic carbocycles. The summed E-state index contributed by atoms with van der Waals surface area (Å²) in [5.41, 5.74) is 2.25. The molecule has 2 rings (SSSR count). The van der Waals surface area contributed by atoms with Crippen LogP contribution in [0, 0.1) is 6.92 Å². The van der Waals surface area contributed by atoms with Gasteiger partial charge in [0.1, 0.15) is 5.82 Å². The summed E-state index contributed by atoms with van der Waals surface area (Å²) in [5, 5.41) is 3.46. The summed E-state index contributed by atoms with van der Waals surface area (Å²) in [6.07, 6.45) is 8.34. The molecule has 0 aliphatic heterocycles. The summed E-state index contributed by atoms with van der Waals surface area (Å²) in [6.45, 7) is 5.11. The lowest BCUT2D eigenvalue weighted by Gasteiger charge is -2.17. The van der Waals surface area contributed by atoms with Gasteiger partial charge in [-0.05, 0) is 37.1 Å². The number of aromatic nitrogens is 3. The molecule has 18 heavy (non-hydrogen) atoms. The molecule has 0 saturated carbocycles. The predicted octanol–water partition coefficient (Wildman–Crippen LogP) is 2.27. The molecule has 0 radical (unpaired) electrons. The van der Waals surface area contributed by atoms with Crippen molar-refractivity contribution in [3.63, 3.8) is 0 Å². The van der Waals surface area contributed by atoms with Gasteiger partial charge in [-0.25, -0.2) is 9.97 Å². The number of pyridine rings is 1. The van der Waals surface area contributed by atoms with Gasteiger partial charge >= 0.3 is 0 Å². The molecule has 1 unspecified atom stereocenters. The van der Waals surface area contributed by atoms with Crippen LogP contribution in [-0.4, -0.2) is 21.5 Å². The highest BCUT2D eigenvalue weighted by atomic mass is 15.0. The number of hydrogen-bond acceptors (Lipinski definition) is 4. The minimum atomic E-state index is 0.0125. The maximum absolute atomic E-state index is 4.34. The van der Waals surface area contributed by atoms with Gasteiger partial charge in [-0.2, -0.15) is 0 Å². The Balaban J connectivity index is 2.31. The van der Waals surface area contributed by atoms with Crippen molar-refractivity contribution in [3.8, 4) is 0 Å². The fraction of sp³-hybridized carbons (Fsp3) is 0.357. The first-order valence-corrected chi connectivity index (χ1v) is 6.23. The van der Waals surface area contributed by atoms with Crippen LogP contribution in [0.5, 0.6) is 0 Å². The maximum Gasteiger partial charge on any atom is 0.149 e. The Hall–Kier alpha value is -1.81. The van der Waals surface area contributed by atoms with Crippen LogP contribution in [0.4, 0.5) is 0 Å². The lowest BCUT2D eigenvalue weighted by Crippen LogP contribution is -2.25. The first-order valence-electron chi connectivity index (χ1n) is 6.23. The zero-order chi connectivity index (χ0) is 12.8. The molecule has 0 fully saturated rings. The largest absolute Gasteiger partial charge is 0.304 e. The lowest BCUT2D eigenvalue weighted by molar-refractivity contribution is 0.570. The van der Waals surface area contributed by atoms with Gasteiger partial charge in [0, 0.05) is 24.8 Å². The molecule has 4 heteroatoms. The Kier molecular flexibility index (Phi) is 4.36. The third-order valence-corrected chi connectivity index (χ3v) is 2.67. The van der Waals surface area contributed by atoms with Crippen molar-refractivity contribution in [1.29, 1.82) is 0 Å². The van der Waals surface area contributed by atoms with Crippen molar-refractivity contribution in [2.24, 2.45) is 0 Å². The monoisotopic (exact) mass is 242 g/mol. The normalized spacial score (nSPS) is 12.3. The van der Waals surface area contributed by atoms with E-state index in [-0.39, 0.29) is 6.04 Å². The Labute approximate surface area is 108 Å². The zero-order valence-electron chi connectivity index (χ0n) is 10.8. The summed E-state index contributed by atoms with van der Waals surface area (Å²) >= 11 is 0. The van der Waals surface area contributed by atoms with E-state index in [1.54, 1.807) is 12.4 Å². The van der Waals surface area contributed by atoms with E-state index in [9.17, 15) is 0 Å². The Morgan fingerprint density at radius 2 is 2.00 bits per heavy atom. The number of nitrogens with zero attached hydrogens (tertiary/aromatic N) is 3. The zero-order valence-corrected chi connectivity index (χ0v) is 10.8. The molecular weight excluding hydrogens is 224 g/mol. The number of rotatable bonds is 5. The summed E-state index contributed by atoms with van der Waals surface area (Å²) in [6, 6.07) is 3.96. The SMILES string of the molecule is CCCNC(c1cncc(C)c1)c1ncccn1. The van der Waals surface area contributed by atoms with Crippen molar-refractivity contribution in [1.82, 2.24) is 20.3 Å². The molecule has 0 aliphatic rings. The first kappa shape index (κ1) is 12.6. The molecule has 2 heterocycles. The van der Waals surface area contributed by atoms with Gasteiger partial charge in [0.2, 0.25) is 0 Å². The van der Waals surface area contributed by atoms with Crippen LogP contribution in [0.2, 0.25) is 0 Å². The molecule has 1 N–H and O–H groups in total. The second kappa shape index (κ2) is 6.21. The van der Waals surface area contributed by atoms with Gasteiger partial charge in [0.15, 0.2) is 0 Å². The molecular formula is C14H18N4. The highest BCUT2D eigenvalue weighted by Gasteiger charge is 2.16. The molecule has 1 atom stereocenters. The van der Waals surface area contributed by atoms with Crippen molar-refractivity contribution in [2.75, 3.05) is 6.54 Å². The Morgan fingerprint density at radius 3 is 2.67 bits per heavy atom.